The summed E-state index contributed by atoms with van der Waals surface area (Å²) in [6.07, 6.45) is -0.0225. The molecule has 1 heterocycles. The number of nitrogens with one attached hydrogen (secondary N) is 2. The lowest BCUT2D eigenvalue weighted by molar-refractivity contribution is -0.127. The lowest BCUT2D eigenvalue weighted by atomic mass is 9.95. The fourth-order valence-electron chi connectivity index (χ4n) is 2.56. The highest BCUT2D eigenvalue weighted by Gasteiger charge is 2.29. The van der Waals surface area contributed by atoms with Crippen molar-refractivity contribution in [3.63, 3.8) is 0 Å². The molecule has 2 rings (SSSR count). The van der Waals surface area contributed by atoms with Gasteiger partial charge in [0, 0.05) is 25.1 Å². The Bertz CT molecular complexity index is 661. The second-order valence-corrected chi connectivity index (χ2v) is 5.53. The summed E-state index contributed by atoms with van der Waals surface area (Å²) in [6.45, 7) is 2.33. The van der Waals surface area contributed by atoms with Crippen molar-refractivity contribution in [3.05, 3.63) is 35.4 Å². The molecule has 0 bridgehead atoms. The van der Waals surface area contributed by atoms with E-state index in [1.807, 2.05) is 0 Å². The van der Waals surface area contributed by atoms with Crippen molar-refractivity contribution in [2.24, 2.45) is 5.92 Å². The number of hydrazine groups is 1. The molecule has 136 valence electrons. The van der Waals surface area contributed by atoms with Crippen molar-refractivity contribution in [3.8, 4) is 0 Å². The number of amides is 3. The number of benzene rings is 1. The van der Waals surface area contributed by atoms with Crippen LogP contribution in [0.15, 0.2) is 18.2 Å². The van der Waals surface area contributed by atoms with Gasteiger partial charge in [-0.2, -0.15) is 0 Å². The first kappa shape index (κ1) is 18.6. The summed E-state index contributed by atoms with van der Waals surface area (Å²) in [5.41, 5.74) is 4.19. The fraction of sp³-hybridized carbons (Fsp3) is 0.438. The molecular formula is C16H19F2N3O4. The predicted octanol–water partition coefficient (Wildman–Crippen LogP) is 1.59. The summed E-state index contributed by atoms with van der Waals surface area (Å²) in [4.78, 5) is 36.8. The molecule has 1 aromatic carbocycles. The smallest absolute Gasteiger partial charge is 0.426 e. The number of nitrogens with zero attached hydrogens (tertiary/aromatic N) is 1. The summed E-state index contributed by atoms with van der Waals surface area (Å²) in [7, 11) is 0. The van der Waals surface area contributed by atoms with Gasteiger partial charge in [-0.15, -0.1) is 0 Å². The Labute approximate surface area is 143 Å². The van der Waals surface area contributed by atoms with E-state index < -0.39 is 23.6 Å². The van der Waals surface area contributed by atoms with Crippen LogP contribution in [0.5, 0.6) is 0 Å². The van der Waals surface area contributed by atoms with Crippen LogP contribution in [0.2, 0.25) is 0 Å². The molecule has 0 unspecified atom stereocenters. The third kappa shape index (κ3) is 4.88. The number of hydrogen-bond acceptors (Lipinski definition) is 4. The van der Waals surface area contributed by atoms with Gasteiger partial charge in [-0.05, 0) is 31.9 Å². The van der Waals surface area contributed by atoms with Crippen LogP contribution in [0.1, 0.15) is 30.1 Å². The number of halogens is 2. The maximum absolute atomic E-state index is 13.7. The number of carbonyl (C=O) groups excluding carboxylic acids is 3. The molecule has 7 nitrogen and oxygen atoms in total. The quantitative estimate of drug-likeness (QED) is 0.806. The van der Waals surface area contributed by atoms with E-state index in [0.29, 0.717) is 18.9 Å². The molecule has 25 heavy (non-hydrogen) atoms. The topological polar surface area (TPSA) is 87.7 Å². The van der Waals surface area contributed by atoms with Crippen LogP contribution >= 0.6 is 0 Å². The number of piperidine rings is 1. The van der Waals surface area contributed by atoms with Crippen molar-refractivity contribution in [1.29, 1.82) is 0 Å². The van der Waals surface area contributed by atoms with Gasteiger partial charge in [-0.25, -0.2) is 19.0 Å². The van der Waals surface area contributed by atoms with E-state index in [-0.39, 0.29) is 37.1 Å². The zero-order valence-electron chi connectivity index (χ0n) is 13.7. The first-order valence-electron chi connectivity index (χ1n) is 7.89. The second-order valence-electron chi connectivity index (χ2n) is 5.53. The van der Waals surface area contributed by atoms with Crippen LogP contribution in [0.4, 0.5) is 13.6 Å². The summed E-state index contributed by atoms with van der Waals surface area (Å²) < 4.78 is 31.2. The summed E-state index contributed by atoms with van der Waals surface area (Å²) >= 11 is 0. The minimum atomic E-state index is -0.913. The highest BCUT2D eigenvalue weighted by molar-refractivity contribution is 5.94. The molecule has 0 aliphatic carbocycles. The molecule has 1 aliphatic heterocycles. The largest absolute Gasteiger partial charge is 0.449 e. The standard InChI is InChI=1S/C16H19F2N3O4/c1-2-25-16(24)20-19-14(22)10-5-7-21(8-6-10)15(23)12-4-3-11(17)9-13(12)18/h3-4,9-10H,2,5-8H2,1H3,(H,19,22)(H,20,24). The normalized spacial score (nSPS) is 14.8. The van der Waals surface area contributed by atoms with Gasteiger partial charge in [0.2, 0.25) is 5.91 Å². The Morgan fingerprint density at radius 3 is 2.48 bits per heavy atom. The molecule has 3 amide bonds. The molecule has 1 fully saturated rings. The maximum atomic E-state index is 13.7. The van der Waals surface area contributed by atoms with Gasteiger partial charge in [0.05, 0.1) is 12.2 Å². The first-order valence-corrected chi connectivity index (χ1v) is 7.89. The minimum absolute atomic E-state index is 0.183. The molecular weight excluding hydrogens is 336 g/mol. The Morgan fingerprint density at radius 2 is 1.88 bits per heavy atom. The molecule has 1 saturated heterocycles. The molecule has 9 heteroatoms. The van der Waals surface area contributed by atoms with E-state index in [4.69, 9.17) is 0 Å². The highest BCUT2D eigenvalue weighted by Crippen LogP contribution is 2.20. The Kier molecular flexibility index (Phi) is 6.26. The van der Waals surface area contributed by atoms with Crippen LogP contribution in [0, 0.1) is 17.6 Å². The van der Waals surface area contributed by atoms with E-state index in [1.54, 1.807) is 6.92 Å². The van der Waals surface area contributed by atoms with Crippen LogP contribution in [-0.4, -0.2) is 42.5 Å². The lowest BCUT2D eigenvalue weighted by Crippen LogP contribution is -2.48. The molecule has 2 N–H and O–H groups in total. The van der Waals surface area contributed by atoms with Crippen molar-refractivity contribution < 1.29 is 27.9 Å². The fourth-order valence-corrected chi connectivity index (χ4v) is 2.56. The third-order valence-electron chi connectivity index (χ3n) is 3.88. The van der Waals surface area contributed by atoms with E-state index in [9.17, 15) is 23.2 Å². The average Bonchev–Trinajstić information content (AvgIpc) is 2.59. The molecule has 1 aliphatic rings. The molecule has 0 saturated carbocycles. The second kappa shape index (κ2) is 8.41. The van der Waals surface area contributed by atoms with Crippen molar-refractivity contribution in [2.45, 2.75) is 19.8 Å². The maximum Gasteiger partial charge on any atom is 0.426 e. The third-order valence-corrected chi connectivity index (χ3v) is 3.88. The zero-order chi connectivity index (χ0) is 18.4. The number of hydrogen-bond donors (Lipinski definition) is 2. The average molecular weight is 355 g/mol. The number of carbonyl (C=O) groups is 3. The SMILES string of the molecule is CCOC(=O)NNC(=O)C1CCN(C(=O)c2ccc(F)cc2F)CC1. The van der Waals surface area contributed by atoms with Gasteiger partial charge in [0.15, 0.2) is 0 Å². The molecule has 0 atom stereocenters. The predicted molar refractivity (Wildman–Crippen MR) is 83.3 cm³/mol. The highest BCUT2D eigenvalue weighted by atomic mass is 19.1. The van der Waals surface area contributed by atoms with Crippen molar-refractivity contribution in [2.75, 3.05) is 19.7 Å². The van der Waals surface area contributed by atoms with E-state index in [0.717, 1.165) is 12.1 Å². The van der Waals surface area contributed by atoms with E-state index >= 15 is 0 Å². The molecule has 0 aromatic heterocycles. The molecule has 0 radical (unpaired) electrons. The van der Waals surface area contributed by atoms with Gasteiger partial charge in [0.1, 0.15) is 11.6 Å². The van der Waals surface area contributed by atoms with E-state index in [2.05, 4.69) is 15.6 Å². The minimum Gasteiger partial charge on any atom is -0.449 e. The first-order chi connectivity index (χ1) is 11.9. The Hall–Kier alpha value is -2.71. The van der Waals surface area contributed by atoms with Gasteiger partial charge in [-0.3, -0.25) is 15.0 Å². The Balaban J connectivity index is 1.85. The van der Waals surface area contributed by atoms with E-state index in [1.165, 1.54) is 4.90 Å². The lowest BCUT2D eigenvalue weighted by Gasteiger charge is -2.31. The van der Waals surface area contributed by atoms with Crippen molar-refractivity contribution in [1.82, 2.24) is 15.8 Å². The molecule has 1 aromatic rings. The van der Waals surface area contributed by atoms with Crippen LogP contribution in [0.3, 0.4) is 0 Å². The van der Waals surface area contributed by atoms with Crippen molar-refractivity contribution >= 4 is 17.9 Å². The summed E-state index contributed by atoms with van der Waals surface area (Å²) in [6, 6.07) is 2.79. The monoisotopic (exact) mass is 355 g/mol. The zero-order valence-corrected chi connectivity index (χ0v) is 13.7. The van der Waals surface area contributed by atoms with Gasteiger partial charge in [0.25, 0.3) is 5.91 Å². The van der Waals surface area contributed by atoms with Gasteiger partial charge in [-0.1, -0.05) is 0 Å². The van der Waals surface area contributed by atoms with Crippen LogP contribution in [0.25, 0.3) is 0 Å². The number of rotatable bonds is 3. The Morgan fingerprint density at radius 1 is 1.20 bits per heavy atom. The number of likely N-dealkylation sites (tertiary alicyclic amines) is 1. The van der Waals surface area contributed by atoms with Crippen LogP contribution < -0.4 is 10.9 Å². The summed E-state index contributed by atoms with van der Waals surface area (Å²) in [5.74, 6) is -2.97. The van der Waals surface area contributed by atoms with Crippen LogP contribution in [-0.2, 0) is 9.53 Å². The van der Waals surface area contributed by atoms with Gasteiger partial charge < -0.3 is 9.64 Å². The summed E-state index contributed by atoms with van der Waals surface area (Å²) in [5, 5.41) is 0. The number of ether oxygens (including phenoxy) is 1. The molecule has 0 spiro atoms. The van der Waals surface area contributed by atoms with Gasteiger partial charge >= 0.3 is 6.09 Å².